The Hall–Kier alpha value is -1.12. The number of imidazole rings is 1. The molecule has 0 atom stereocenters. The van der Waals surface area contributed by atoms with Crippen LogP contribution in [0.3, 0.4) is 0 Å². The third-order valence-corrected chi connectivity index (χ3v) is 3.69. The molecule has 0 bridgehead atoms. The van der Waals surface area contributed by atoms with Crippen molar-refractivity contribution < 1.29 is 17.9 Å². The summed E-state index contributed by atoms with van der Waals surface area (Å²) in [6.45, 7) is 1.36. The number of aromatic nitrogens is 2. The molecule has 0 spiro atoms. The van der Waals surface area contributed by atoms with E-state index in [0.29, 0.717) is 0 Å². The normalized spacial score (nSPS) is 11.5. The number of sulfonamides is 1. The van der Waals surface area contributed by atoms with E-state index in [9.17, 15) is 13.2 Å². The predicted molar refractivity (Wildman–Crippen MR) is 60.0 cm³/mol. The molecular weight excluding hydrogens is 270 g/mol. The van der Waals surface area contributed by atoms with Crippen LogP contribution in [-0.4, -0.2) is 37.1 Å². The van der Waals surface area contributed by atoms with E-state index in [-0.39, 0.29) is 16.8 Å². The minimum atomic E-state index is -3.90. The summed E-state index contributed by atoms with van der Waals surface area (Å²) in [5, 5.41) is -0.340. The summed E-state index contributed by atoms with van der Waals surface area (Å²) in [7, 11) is -2.34. The van der Waals surface area contributed by atoms with E-state index < -0.39 is 22.5 Å². The molecule has 1 aromatic heterocycles. The van der Waals surface area contributed by atoms with Gasteiger partial charge in [0.1, 0.15) is 11.7 Å². The largest absolute Gasteiger partial charge is 0.465 e. The molecule has 0 saturated carbocycles. The maximum absolute atomic E-state index is 11.7. The van der Waals surface area contributed by atoms with Crippen LogP contribution in [0.4, 0.5) is 0 Å². The van der Waals surface area contributed by atoms with E-state index >= 15 is 0 Å². The molecule has 1 heterocycles. The van der Waals surface area contributed by atoms with Gasteiger partial charge in [0.15, 0.2) is 0 Å². The van der Waals surface area contributed by atoms with Crippen LogP contribution in [0.5, 0.6) is 0 Å². The van der Waals surface area contributed by atoms with E-state index in [1.54, 1.807) is 14.0 Å². The third kappa shape index (κ3) is 3.42. The zero-order valence-electron chi connectivity index (χ0n) is 9.31. The Morgan fingerprint density at radius 3 is 2.76 bits per heavy atom. The number of nitrogens with one attached hydrogen (secondary N) is 1. The number of ether oxygens (including phenoxy) is 1. The number of esters is 1. The Kier molecular flexibility index (Phi) is 4.49. The highest BCUT2D eigenvalue weighted by molar-refractivity contribution is 7.89. The number of nitrogens with zero attached hydrogens (tertiary/aromatic N) is 2. The molecule has 17 heavy (non-hydrogen) atoms. The minimum absolute atomic E-state index is 0.0265. The zero-order chi connectivity index (χ0) is 13.1. The van der Waals surface area contributed by atoms with E-state index in [4.69, 9.17) is 11.6 Å². The smallest absolute Gasteiger partial charge is 0.321 e. The number of carbonyl (C=O) groups excluding carboxylic acids is 1. The summed E-state index contributed by atoms with van der Waals surface area (Å²) in [4.78, 5) is 14.6. The van der Waals surface area contributed by atoms with Crippen LogP contribution in [0.15, 0.2) is 11.4 Å². The van der Waals surface area contributed by atoms with Crippen molar-refractivity contribution in [1.29, 1.82) is 0 Å². The SMILES string of the molecule is CCOC(=O)CNS(=O)(=O)c1ncn(C)c1Cl. The lowest BCUT2D eigenvalue weighted by molar-refractivity contribution is -0.141. The quantitative estimate of drug-likeness (QED) is 0.762. The molecule has 0 amide bonds. The van der Waals surface area contributed by atoms with Crippen molar-refractivity contribution in [3.8, 4) is 0 Å². The van der Waals surface area contributed by atoms with Gasteiger partial charge in [-0.3, -0.25) is 4.79 Å². The summed E-state index contributed by atoms with van der Waals surface area (Å²) < 4.78 is 31.4. The number of aryl methyl sites for hydroxylation is 1. The summed E-state index contributed by atoms with van der Waals surface area (Å²) >= 11 is 5.73. The van der Waals surface area contributed by atoms with Crippen molar-refractivity contribution in [1.82, 2.24) is 14.3 Å². The molecule has 0 aliphatic rings. The third-order valence-electron chi connectivity index (χ3n) is 1.80. The Labute approximate surface area is 104 Å². The monoisotopic (exact) mass is 281 g/mol. The van der Waals surface area contributed by atoms with Crippen LogP contribution in [0.1, 0.15) is 6.92 Å². The first-order valence-corrected chi connectivity index (χ1v) is 6.56. The van der Waals surface area contributed by atoms with E-state index in [2.05, 4.69) is 14.4 Å². The van der Waals surface area contributed by atoms with Gasteiger partial charge in [-0.25, -0.2) is 13.4 Å². The topological polar surface area (TPSA) is 90.3 Å². The van der Waals surface area contributed by atoms with Gasteiger partial charge in [0.25, 0.3) is 10.0 Å². The number of rotatable bonds is 5. The first kappa shape index (κ1) is 13.9. The van der Waals surface area contributed by atoms with Gasteiger partial charge in [-0.15, -0.1) is 0 Å². The molecule has 96 valence electrons. The molecule has 0 fully saturated rings. The fourth-order valence-electron chi connectivity index (χ4n) is 1.01. The second-order valence-electron chi connectivity index (χ2n) is 3.08. The standard InChI is InChI=1S/C8H12ClN3O4S/c1-3-16-6(13)4-11-17(14,15)8-7(9)12(2)5-10-8/h5,11H,3-4H2,1-2H3. The fourth-order valence-corrected chi connectivity index (χ4v) is 2.40. The first-order chi connectivity index (χ1) is 7.88. The van der Waals surface area contributed by atoms with Crippen LogP contribution >= 0.6 is 11.6 Å². The second-order valence-corrected chi connectivity index (χ2v) is 5.12. The lowest BCUT2D eigenvalue weighted by Crippen LogP contribution is -2.31. The molecule has 7 nitrogen and oxygen atoms in total. The highest BCUT2D eigenvalue weighted by Crippen LogP contribution is 2.17. The zero-order valence-corrected chi connectivity index (χ0v) is 10.9. The minimum Gasteiger partial charge on any atom is -0.465 e. The van der Waals surface area contributed by atoms with Crippen LogP contribution in [0.2, 0.25) is 5.15 Å². The van der Waals surface area contributed by atoms with Crippen LogP contribution in [-0.2, 0) is 26.6 Å². The van der Waals surface area contributed by atoms with Crippen molar-refractivity contribution >= 4 is 27.6 Å². The first-order valence-electron chi connectivity index (χ1n) is 4.70. The van der Waals surface area contributed by atoms with Crippen molar-refractivity contribution in [3.63, 3.8) is 0 Å². The molecular formula is C8H12ClN3O4S. The second kappa shape index (κ2) is 5.48. The lowest BCUT2D eigenvalue weighted by Gasteiger charge is -2.04. The number of carbonyl (C=O) groups is 1. The Balaban J connectivity index is 2.76. The van der Waals surface area contributed by atoms with E-state index in [0.717, 1.165) is 0 Å². The van der Waals surface area contributed by atoms with Gasteiger partial charge in [-0.1, -0.05) is 11.6 Å². The summed E-state index contributed by atoms with van der Waals surface area (Å²) in [6.07, 6.45) is 1.27. The van der Waals surface area contributed by atoms with Crippen molar-refractivity contribution in [2.24, 2.45) is 7.05 Å². The maximum atomic E-state index is 11.7. The van der Waals surface area contributed by atoms with E-state index in [1.165, 1.54) is 10.9 Å². The molecule has 0 aliphatic heterocycles. The number of hydrogen-bond acceptors (Lipinski definition) is 5. The van der Waals surface area contributed by atoms with Gasteiger partial charge in [0, 0.05) is 7.05 Å². The molecule has 0 radical (unpaired) electrons. The van der Waals surface area contributed by atoms with Crippen molar-refractivity contribution in [2.45, 2.75) is 11.9 Å². The summed E-state index contributed by atoms with van der Waals surface area (Å²) in [5.74, 6) is -0.664. The van der Waals surface area contributed by atoms with Crippen LogP contribution in [0, 0.1) is 0 Å². The lowest BCUT2D eigenvalue weighted by atomic mass is 10.7. The summed E-state index contributed by atoms with van der Waals surface area (Å²) in [6, 6.07) is 0. The van der Waals surface area contributed by atoms with Gasteiger partial charge >= 0.3 is 5.97 Å². The van der Waals surface area contributed by atoms with Gasteiger partial charge in [0.2, 0.25) is 5.03 Å². The van der Waals surface area contributed by atoms with Crippen molar-refractivity contribution in [2.75, 3.05) is 13.2 Å². The van der Waals surface area contributed by atoms with Gasteiger partial charge in [-0.05, 0) is 6.92 Å². The molecule has 0 saturated heterocycles. The Bertz CT molecular complexity index is 511. The molecule has 1 aromatic rings. The average molecular weight is 282 g/mol. The number of halogens is 1. The van der Waals surface area contributed by atoms with E-state index in [1.807, 2.05) is 0 Å². The van der Waals surface area contributed by atoms with Gasteiger partial charge in [0.05, 0.1) is 12.9 Å². The predicted octanol–water partition coefficient (Wildman–Crippen LogP) is -0.0851. The van der Waals surface area contributed by atoms with Gasteiger partial charge < -0.3 is 9.30 Å². The molecule has 9 heteroatoms. The molecule has 1 N–H and O–H groups in total. The molecule has 0 unspecified atom stereocenters. The fraction of sp³-hybridized carbons (Fsp3) is 0.500. The van der Waals surface area contributed by atoms with Crippen LogP contribution in [0.25, 0.3) is 0 Å². The highest BCUT2D eigenvalue weighted by Gasteiger charge is 2.23. The molecule has 0 aliphatic carbocycles. The molecule has 1 rings (SSSR count). The van der Waals surface area contributed by atoms with Crippen LogP contribution < -0.4 is 4.72 Å². The average Bonchev–Trinajstić information content (AvgIpc) is 2.58. The molecule has 0 aromatic carbocycles. The van der Waals surface area contributed by atoms with Gasteiger partial charge in [-0.2, -0.15) is 4.72 Å². The summed E-state index contributed by atoms with van der Waals surface area (Å²) in [5.41, 5.74) is 0. The Morgan fingerprint density at radius 1 is 1.65 bits per heavy atom. The Morgan fingerprint density at radius 2 is 2.29 bits per heavy atom. The number of hydrogen-bond donors (Lipinski definition) is 1. The highest BCUT2D eigenvalue weighted by atomic mass is 35.5. The maximum Gasteiger partial charge on any atom is 0.321 e. The van der Waals surface area contributed by atoms with Crippen molar-refractivity contribution in [3.05, 3.63) is 11.5 Å².